The molecule has 2 N–H and O–H groups in total. The molecule has 1 saturated carbocycles. The summed E-state index contributed by atoms with van der Waals surface area (Å²) < 4.78 is 0. The zero-order chi connectivity index (χ0) is 14.4. The maximum absolute atomic E-state index is 11.8. The molecule has 5 nitrogen and oxygen atoms in total. The van der Waals surface area contributed by atoms with Crippen LogP contribution in [0.3, 0.4) is 0 Å². The van der Waals surface area contributed by atoms with Crippen molar-refractivity contribution >= 4 is 23.6 Å². The van der Waals surface area contributed by atoms with Crippen molar-refractivity contribution < 1.29 is 14.7 Å². The van der Waals surface area contributed by atoms with Gasteiger partial charge in [0.05, 0.1) is 16.7 Å². The topological polar surface area (TPSA) is 79.3 Å². The predicted octanol–water partition coefficient (Wildman–Crippen LogP) is 1.93. The summed E-state index contributed by atoms with van der Waals surface area (Å²) in [6, 6.07) is 5.71. The second-order valence-corrected chi connectivity index (χ2v) is 5.91. The van der Waals surface area contributed by atoms with Gasteiger partial charge in [-0.15, -0.1) is 0 Å². The molecule has 0 saturated heterocycles. The predicted molar refractivity (Wildman–Crippen MR) is 76.5 cm³/mol. The smallest absolute Gasteiger partial charge is 0.306 e. The number of rotatable bonds is 5. The Morgan fingerprint density at radius 2 is 2.05 bits per heavy atom. The Kier molecular flexibility index (Phi) is 5.40. The van der Waals surface area contributed by atoms with E-state index in [9.17, 15) is 9.59 Å². The number of nitrogens with zero attached hydrogens (tertiary/aromatic N) is 1. The molecule has 0 bridgehead atoms. The Labute approximate surface area is 122 Å². The number of carboxylic acids is 1. The number of pyridine rings is 1. The number of hydrogen-bond donors (Lipinski definition) is 2. The van der Waals surface area contributed by atoms with Crippen molar-refractivity contribution in [3.05, 3.63) is 24.4 Å². The molecule has 0 spiro atoms. The van der Waals surface area contributed by atoms with Gasteiger partial charge in [-0.05, 0) is 37.8 Å². The Balaban J connectivity index is 1.69. The first-order valence-corrected chi connectivity index (χ1v) is 7.69. The molecule has 0 radical (unpaired) electrons. The molecule has 20 heavy (non-hydrogen) atoms. The van der Waals surface area contributed by atoms with Gasteiger partial charge in [-0.2, -0.15) is 0 Å². The third-order valence-electron chi connectivity index (χ3n) is 3.43. The number of carbonyl (C=O) groups excluding carboxylic acids is 1. The molecule has 1 aliphatic carbocycles. The Morgan fingerprint density at radius 3 is 2.65 bits per heavy atom. The van der Waals surface area contributed by atoms with Gasteiger partial charge in [0.2, 0.25) is 5.91 Å². The van der Waals surface area contributed by atoms with Crippen LogP contribution < -0.4 is 5.32 Å². The summed E-state index contributed by atoms with van der Waals surface area (Å²) in [5.41, 5.74) is 0. The van der Waals surface area contributed by atoms with Gasteiger partial charge in [0, 0.05) is 12.2 Å². The zero-order valence-corrected chi connectivity index (χ0v) is 11.9. The third-order valence-corrected chi connectivity index (χ3v) is 4.37. The van der Waals surface area contributed by atoms with Crippen LogP contribution in [0.5, 0.6) is 0 Å². The van der Waals surface area contributed by atoms with Crippen LogP contribution in [0.2, 0.25) is 0 Å². The van der Waals surface area contributed by atoms with Gasteiger partial charge in [-0.1, -0.05) is 17.8 Å². The van der Waals surface area contributed by atoms with Crippen LogP contribution in [0.4, 0.5) is 0 Å². The molecule has 1 amide bonds. The van der Waals surface area contributed by atoms with Gasteiger partial charge < -0.3 is 10.4 Å². The van der Waals surface area contributed by atoms with Crippen LogP contribution in [0, 0.1) is 5.92 Å². The van der Waals surface area contributed by atoms with Crippen LogP contribution in [0.25, 0.3) is 0 Å². The number of hydrogen-bond acceptors (Lipinski definition) is 4. The van der Waals surface area contributed by atoms with E-state index in [0.717, 1.165) is 17.9 Å². The molecular formula is C14H18N2O3S. The van der Waals surface area contributed by atoms with Crippen LogP contribution in [-0.4, -0.2) is 33.8 Å². The Hall–Kier alpha value is -1.56. The fraction of sp³-hybridized carbons (Fsp3) is 0.500. The molecular weight excluding hydrogens is 276 g/mol. The highest BCUT2D eigenvalue weighted by atomic mass is 32.2. The molecule has 1 aliphatic rings. The molecule has 0 unspecified atom stereocenters. The van der Waals surface area contributed by atoms with Crippen molar-refractivity contribution in [3.63, 3.8) is 0 Å². The summed E-state index contributed by atoms with van der Waals surface area (Å²) in [4.78, 5) is 26.8. The molecule has 0 aliphatic heterocycles. The first-order valence-electron chi connectivity index (χ1n) is 6.71. The van der Waals surface area contributed by atoms with Crippen LogP contribution in [0.15, 0.2) is 29.4 Å². The van der Waals surface area contributed by atoms with E-state index in [-0.39, 0.29) is 17.9 Å². The quantitative estimate of drug-likeness (QED) is 0.811. The molecule has 108 valence electrons. The normalized spacial score (nSPS) is 22.2. The van der Waals surface area contributed by atoms with E-state index in [0.29, 0.717) is 18.6 Å². The summed E-state index contributed by atoms with van der Waals surface area (Å²) in [6.07, 6.45) is 4.49. The standard InChI is InChI=1S/C14H18N2O3S/c17-12(9-20-13-3-1-2-8-15-13)16-11-6-4-10(5-7-11)14(18)19/h1-3,8,10-11H,4-7,9H2,(H,16,17)(H,18,19). The third kappa shape index (κ3) is 4.52. The van der Waals surface area contributed by atoms with Crippen molar-refractivity contribution in [3.8, 4) is 0 Å². The molecule has 0 atom stereocenters. The van der Waals surface area contributed by atoms with Crippen molar-refractivity contribution in [1.29, 1.82) is 0 Å². The van der Waals surface area contributed by atoms with Crippen molar-refractivity contribution in [2.45, 2.75) is 36.8 Å². The van der Waals surface area contributed by atoms with E-state index in [2.05, 4.69) is 10.3 Å². The summed E-state index contributed by atoms with van der Waals surface area (Å²) in [6.45, 7) is 0. The van der Waals surface area contributed by atoms with Crippen molar-refractivity contribution in [2.24, 2.45) is 5.92 Å². The molecule has 1 fully saturated rings. The lowest BCUT2D eigenvalue weighted by molar-refractivity contribution is -0.142. The second-order valence-electron chi connectivity index (χ2n) is 4.91. The van der Waals surface area contributed by atoms with Gasteiger partial charge in [0.25, 0.3) is 0 Å². The average molecular weight is 294 g/mol. The number of aromatic nitrogens is 1. The van der Waals surface area contributed by atoms with Gasteiger partial charge in [-0.3, -0.25) is 9.59 Å². The Morgan fingerprint density at radius 1 is 1.30 bits per heavy atom. The maximum Gasteiger partial charge on any atom is 0.306 e. The van der Waals surface area contributed by atoms with E-state index in [4.69, 9.17) is 5.11 Å². The van der Waals surface area contributed by atoms with Crippen LogP contribution in [0.1, 0.15) is 25.7 Å². The summed E-state index contributed by atoms with van der Waals surface area (Å²) in [5.74, 6) is -0.637. The molecule has 6 heteroatoms. The van der Waals surface area contributed by atoms with Gasteiger partial charge in [0.15, 0.2) is 0 Å². The van der Waals surface area contributed by atoms with Gasteiger partial charge >= 0.3 is 5.97 Å². The van der Waals surface area contributed by atoms with Crippen LogP contribution >= 0.6 is 11.8 Å². The molecule has 1 aromatic heterocycles. The van der Waals surface area contributed by atoms with Crippen LogP contribution in [-0.2, 0) is 9.59 Å². The largest absolute Gasteiger partial charge is 0.481 e. The van der Waals surface area contributed by atoms with Crippen molar-refractivity contribution in [2.75, 3.05) is 5.75 Å². The van der Waals surface area contributed by atoms with Gasteiger partial charge in [0.1, 0.15) is 0 Å². The fourth-order valence-corrected chi connectivity index (χ4v) is 3.00. The van der Waals surface area contributed by atoms with E-state index in [1.54, 1.807) is 6.20 Å². The average Bonchev–Trinajstić information content (AvgIpc) is 2.47. The van der Waals surface area contributed by atoms with E-state index < -0.39 is 5.97 Å². The minimum Gasteiger partial charge on any atom is -0.481 e. The number of amides is 1. The maximum atomic E-state index is 11.8. The lowest BCUT2D eigenvalue weighted by Crippen LogP contribution is -2.39. The fourth-order valence-electron chi connectivity index (χ4n) is 2.33. The minimum atomic E-state index is -0.722. The second kappa shape index (κ2) is 7.28. The van der Waals surface area contributed by atoms with Gasteiger partial charge in [-0.25, -0.2) is 4.98 Å². The highest BCUT2D eigenvalue weighted by molar-refractivity contribution is 7.99. The van der Waals surface area contributed by atoms with Crippen molar-refractivity contribution in [1.82, 2.24) is 10.3 Å². The highest BCUT2D eigenvalue weighted by Crippen LogP contribution is 2.24. The summed E-state index contributed by atoms with van der Waals surface area (Å²) in [7, 11) is 0. The first kappa shape index (κ1) is 14.8. The van der Waals surface area contributed by atoms with E-state index in [1.165, 1.54) is 11.8 Å². The number of thioether (sulfide) groups is 1. The first-order chi connectivity index (χ1) is 9.65. The molecule has 0 aromatic carbocycles. The molecule has 2 rings (SSSR count). The lowest BCUT2D eigenvalue weighted by Gasteiger charge is -2.26. The molecule has 1 aromatic rings. The highest BCUT2D eigenvalue weighted by Gasteiger charge is 2.26. The number of aliphatic carboxylic acids is 1. The lowest BCUT2D eigenvalue weighted by atomic mass is 9.86. The summed E-state index contributed by atoms with van der Waals surface area (Å²) in [5, 5.41) is 12.7. The minimum absolute atomic E-state index is 0.0144. The Bertz CT molecular complexity index is 459. The summed E-state index contributed by atoms with van der Waals surface area (Å²) >= 11 is 1.41. The number of carboxylic acid groups (broad SMARTS) is 1. The zero-order valence-electron chi connectivity index (χ0n) is 11.1. The molecule has 1 heterocycles. The number of carbonyl (C=O) groups is 2. The van der Waals surface area contributed by atoms with E-state index >= 15 is 0 Å². The SMILES string of the molecule is O=C(CSc1ccccn1)NC1CCC(C(=O)O)CC1. The monoisotopic (exact) mass is 294 g/mol. The number of nitrogens with one attached hydrogen (secondary N) is 1. The van der Waals surface area contributed by atoms with E-state index in [1.807, 2.05) is 18.2 Å².